The largest absolute Gasteiger partial charge is 0.444 e. The van der Waals surface area contributed by atoms with Gasteiger partial charge in [-0.2, -0.15) is 4.98 Å². The molecule has 128 valence electrons. The number of nitrogens with one attached hydrogen (secondary N) is 1. The summed E-state index contributed by atoms with van der Waals surface area (Å²) in [5, 5.41) is 7.08. The van der Waals surface area contributed by atoms with E-state index in [1.54, 1.807) is 0 Å². The van der Waals surface area contributed by atoms with Crippen molar-refractivity contribution in [2.45, 2.75) is 77.4 Å². The van der Waals surface area contributed by atoms with Crippen LogP contribution in [0.4, 0.5) is 4.79 Å². The van der Waals surface area contributed by atoms with Crippen molar-refractivity contribution < 1.29 is 14.1 Å². The number of carbonyl (C=O) groups is 1. The molecule has 2 aliphatic carbocycles. The average Bonchev–Trinajstić information content (AvgIpc) is 2.85. The molecule has 6 nitrogen and oxygen atoms in total. The summed E-state index contributed by atoms with van der Waals surface area (Å²) in [5.41, 5.74) is -0.455. The predicted molar refractivity (Wildman–Crippen MR) is 85.0 cm³/mol. The third-order valence-corrected chi connectivity index (χ3v) is 4.64. The van der Waals surface area contributed by atoms with Gasteiger partial charge in [-0.15, -0.1) is 0 Å². The summed E-state index contributed by atoms with van der Waals surface area (Å²) in [5.74, 6) is 3.26. The van der Waals surface area contributed by atoms with E-state index in [9.17, 15) is 4.79 Å². The molecule has 4 atom stereocenters. The first kappa shape index (κ1) is 16.3. The van der Waals surface area contributed by atoms with E-state index in [4.69, 9.17) is 9.26 Å². The van der Waals surface area contributed by atoms with Crippen LogP contribution in [0.15, 0.2) is 4.52 Å². The van der Waals surface area contributed by atoms with Crippen LogP contribution >= 0.6 is 0 Å². The molecule has 0 aromatic carbocycles. The maximum absolute atomic E-state index is 11.8. The highest BCUT2D eigenvalue weighted by Crippen LogP contribution is 2.46. The number of aromatic nitrogens is 2. The third kappa shape index (κ3) is 4.45. The molecule has 1 aromatic heterocycles. The van der Waals surface area contributed by atoms with Crippen molar-refractivity contribution in [2.24, 2.45) is 11.8 Å². The van der Waals surface area contributed by atoms with Crippen molar-refractivity contribution in [3.05, 3.63) is 11.7 Å². The fourth-order valence-corrected chi connectivity index (χ4v) is 3.29. The van der Waals surface area contributed by atoms with Crippen molar-refractivity contribution >= 4 is 6.09 Å². The molecular formula is C17H27N3O3. The van der Waals surface area contributed by atoms with Crippen LogP contribution in [0, 0.1) is 11.8 Å². The van der Waals surface area contributed by atoms with Crippen molar-refractivity contribution in [1.29, 1.82) is 0 Å². The molecule has 0 spiro atoms. The summed E-state index contributed by atoms with van der Waals surface area (Å²) in [4.78, 5) is 16.4. The molecule has 6 heteroatoms. The Kier molecular flexibility index (Phi) is 4.34. The molecule has 2 saturated carbocycles. The third-order valence-electron chi connectivity index (χ3n) is 4.64. The van der Waals surface area contributed by atoms with Crippen LogP contribution in [-0.2, 0) is 11.2 Å². The van der Waals surface area contributed by atoms with Crippen LogP contribution in [0.2, 0.25) is 0 Å². The molecule has 2 unspecified atom stereocenters. The monoisotopic (exact) mass is 321 g/mol. The molecule has 2 aliphatic rings. The Morgan fingerprint density at radius 3 is 2.74 bits per heavy atom. The number of alkyl carbamates (subject to hydrolysis) is 1. The van der Waals surface area contributed by atoms with E-state index in [0.29, 0.717) is 17.8 Å². The van der Waals surface area contributed by atoms with E-state index in [2.05, 4.69) is 22.4 Å². The quantitative estimate of drug-likeness (QED) is 0.919. The molecule has 0 bridgehead atoms. The Morgan fingerprint density at radius 1 is 1.35 bits per heavy atom. The molecule has 23 heavy (non-hydrogen) atoms. The SMILES string of the molecule is CC1CC1c1nc(C[C@@H]2CC[C@H](NC(=O)OC(C)(C)C)C2)no1. The van der Waals surface area contributed by atoms with Gasteiger partial charge in [-0.05, 0) is 58.3 Å². The first-order valence-corrected chi connectivity index (χ1v) is 8.62. The Bertz CT molecular complexity index is 564. The zero-order valence-electron chi connectivity index (χ0n) is 14.5. The van der Waals surface area contributed by atoms with Gasteiger partial charge in [0.25, 0.3) is 0 Å². The van der Waals surface area contributed by atoms with Crippen LogP contribution in [-0.4, -0.2) is 27.9 Å². The molecule has 0 aliphatic heterocycles. The lowest BCUT2D eigenvalue weighted by Crippen LogP contribution is -2.38. The molecule has 1 aromatic rings. The number of amides is 1. The minimum Gasteiger partial charge on any atom is -0.444 e. The number of nitrogens with zero attached hydrogens (tertiary/aromatic N) is 2. The number of ether oxygens (including phenoxy) is 1. The fraction of sp³-hybridized carbons (Fsp3) is 0.824. The normalized spacial score (nSPS) is 30.3. The number of hydrogen-bond acceptors (Lipinski definition) is 5. The van der Waals surface area contributed by atoms with Gasteiger partial charge in [-0.25, -0.2) is 4.79 Å². The van der Waals surface area contributed by atoms with Crippen LogP contribution in [0.3, 0.4) is 0 Å². The lowest BCUT2D eigenvalue weighted by molar-refractivity contribution is 0.0504. The maximum Gasteiger partial charge on any atom is 0.407 e. The lowest BCUT2D eigenvalue weighted by Gasteiger charge is -2.21. The summed E-state index contributed by atoms with van der Waals surface area (Å²) < 4.78 is 10.7. The van der Waals surface area contributed by atoms with Gasteiger partial charge in [0.2, 0.25) is 5.89 Å². The van der Waals surface area contributed by atoms with Gasteiger partial charge in [0, 0.05) is 18.4 Å². The molecule has 1 amide bonds. The fourth-order valence-electron chi connectivity index (χ4n) is 3.29. The van der Waals surface area contributed by atoms with Crippen molar-refractivity contribution in [1.82, 2.24) is 15.5 Å². The summed E-state index contributed by atoms with van der Waals surface area (Å²) in [6.07, 6.45) is 4.67. The van der Waals surface area contributed by atoms with E-state index in [-0.39, 0.29) is 12.1 Å². The molecule has 1 heterocycles. The first-order chi connectivity index (χ1) is 10.8. The van der Waals surface area contributed by atoms with Gasteiger partial charge < -0.3 is 14.6 Å². The van der Waals surface area contributed by atoms with Crippen molar-refractivity contribution in [2.75, 3.05) is 0 Å². The highest BCUT2D eigenvalue weighted by Gasteiger charge is 2.39. The van der Waals surface area contributed by atoms with Crippen LogP contribution in [0.5, 0.6) is 0 Å². The van der Waals surface area contributed by atoms with Crippen LogP contribution < -0.4 is 5.32 Å². The first-order valence-electron chi connectivity index (χ1n) is 8.62. The zero-order chi connectivity index (χ0) is 16.6. The van der Waals surface area contributed by atoms with E-state index in [1.165, 1.54) is 0 Å². The van der Waals surface area contributed by atoms with Gasteiger partial charge >= 0.3 is 6.09 Å². The molecule has 1 N–H and O–H groups in total. The second kappa shape index (κ2) is 6.13. The molecular weight excluding hydrogens is 294 g/mol. The molecule has 2 fully saturated rings. The summed E-state index contributed by atoms with van der Waals surface area (Å²) >= 11 is 0. The van der Waals surface area contributed by atoms with Gasteiger partial charge in [-0.1, -0.05) is 12.1 Å². The van der Waals surface area contributed by atoms with E-state index in [1.807, 2.05) is 20.8 Å². The Labute approximate surface area is 137 Å². The Balaban J connectivity index is 1.44. The van der Waals surface area contributed by atoms with E-state index < -0.39 is 5.60 Å². The number of hydrogen-bond donors (Lipinski definition) is 1. The minimum atomic E-state index is -0.455. The smallest absolute Gasteiger partial charge is 0.407 e. The summed E-state index contributed by atoms with van der Waals surface area (Å²) in [7, 11) is 0. The van der Waals surface area contributed by atoms with Gasteiger partial charge in [0.05, 0.1) is 0 Å². The summed E-state index contributed by atoms with van der Waals surface area (Å²) in [6, 6.07) is 0.185. The summed E-state index contributed by atoms with van der Waals surface area (Å²) in [6.45, 7) is 7.83. The second-order valence-corrected chi connectivity index (χ2v) is 8.09. The Morgan fingerprint density at radius 2 is 2.09 bits per heavy atom. The Hall–Kier alpha value is -1.59. The highest BCUT2D eigenvalue weighted by molar-refractivity contribution is 5.68. The van der Waals surface area contributed by atoms with Crippen molar-refractivity contribution in [3.63, 3.8) is 0 Å². The zero-order valence-corrected chi connectivity index (χ0v) is 14.5. The lowest BCUT2D eigenvalue weighted by atomic mass is 10.0. The number of carbonyl (C=O) groups excluding carboxylic acids is 1. The van der Waals surface area contributed by atoms with Gasteiger partial charge in [0.15, 0.2) is 5.82 Å². The second-order valence-electron chi connectivity index (χ2n) is 8.09. The van der Waals surface area contributed by atoms with Crippen LogP contribution in [0.1, 0.15) is 71.0 Å². The van der Waals surface area contributed by atoms with E-state index >= 15 is 0 Å². The van der Waals surface area contributed by atoms with E-state index in [0.717, 1.165) is 43.8 Å². The topological polar surface area (TPSA) is 77.2 Å². The average molecular weight is 321 g/mol. The van der Waals surface area contributed by atoms with Gasteiger partial charge in [0.1, 0.15) is 5.60 Å². The molecule has 0 radical (unpaired) electrons. The minimum absolute atomic E-state index is 0.185. The molecule has 3 rings (SSSR count). The maximum atomic E-state index is 11.8. The van der Waals surface area contributed by atoms with Gasteiger partial charge in [-0.3, -0.25) is 0 Å². The highest BCUT2D eigenvalue weighted by atomic mass is 16.6. The predicted octanol–water partition coefficient (Wildman–Crippen LogP) is 3.43. The molecule has 0 saturated heterocycles. The standard InChI is InChI=1S/C17H27N3O3/c1-10-7-13(10)15-19-14(20-23-15)9-11-5-6-12(8-11)18-16(21)22-17(2,3)4/h10-13H,5-9H2,1-4H3,(H,18,21)/t10?,11-,12+,13?/m1/s1. The number of rotatable bonds is 4. The van der Waals surface area contributed by atoms with Crippen molar-refractivity contribution in [3.8, 4) is 0 Å². The van der Waals surface area contributed by atoms with Crippen LogP contribution in [0.25, 0.3) is 0 Å².